The van der Waals surface area contributed by atoms with Gasteiger partial charge in [-0.2, -0.15) is 4.98 Å². The summed E-state index contributed by atoms with van der Waals surface area (Å²) in [5.41, 5.74) is 2.03. The Labute approximate surface area is 185 Å². The highest BCUT2D eigenvalue weighted by Crippen LogP contribution is 2.30. The first-order chi connectivity index (χ1) is 15.3. The van der Waals surface area contributed by atoms with E-state index in [0.717, 1.165) is 41.1 Å². The fourth-order valence-electron chi connectivity index (χ4n) is 3.82. The molecular formula is C22H26N6O2S. The molecule has 0 bridgehead atoms. The molecule has 2 fully saturated rings. The average molecular weight is 439 g/mol. The minimum absolute atomic E-state index is 0.0258. The van der Waals surface area contributed by atoms with Gasteiger partial charge in [0, 0.05) is 31.6 Å². The molecule has 3 aromatic heterocycles. The van der Waals surface area contributed by atoms with E-state index in [1.807, 2.05) is 24.5 Å². The van der Waals surface area contributed by atoms with Gasteiger partial charge in [0.25, 0.3) is 0 Å². The highest BCUT2D eigenvalue weighted by atomic mass is 32.1. The SMILES string of the molecule is c1cc(-c2cnc(Nc3ccc(CN4CCCCC4)cn3)s2)nc(OC2CCOC2)n1. The molecule has 0 aliphatic carbocycles. The van der Waals surface area contributed by atoms with E-state index in [1.54, 1.807) is 6.20 Å². The maximum Gasteiger partial charge on any atom is 0.317 e. The van der Waals surface area contributed by atoms with Crippen molar-refractivity contribution >= 4 is 22.3 Å². The number of rotatable bonds is 7. The molecule has 2 aliphatic heterocycles. The maximum absolute atomic E-state index is 5.81. The standard InChI is InChI=1S/C22H26N6O2S/c1-2-9-28(10-3-1)14-16-4-5-20(24-12-16)27-22-25-13-19(31-22)18-6-8-23-21(26-18)30-17-7-11-29-15-17/h4-6,8,12-13,17H,1-3,7,9-11,14-15H2,(H,24,25,27). The summed E-state index contributed by atoms with van der Waals surface area (Å²) in [5, 5.41) is 4.06. The number of hydrogen-bond donors (Lipinski definition) is 1. The van der Waals surface area contributed by atoms with Crippen molar-refractivity contribution in [2.45, 2.75) is 38.3 Å². The van der Waals surface area contributed by atoms with Crippen molar-refractivity contribution in [3.05, 3.63) is 42.4 Å². The van der Waals surface area contributed by atoms with Crippen LogP contribution in [0.15, 0.2) is 36.8 Å². The molecule has 9 heteroatoms. The number of likely N-dealkylation sites (tertiary alicyclic amines) is 1. The lowest BCUT2D eigenvalue weighted by molar-refractivity contribution is 0.134. The Morgan fingerprint density at radius 3 is 2.84 bits per heavy atom. The van der Waals surface area contributed by atoms with Crippen LogP contribution < -0.4 is 10.1 Å². The molecule has 8 nitrogen and oxygen atoms in total. The summed E-state index contributed by atoms with van der Waals surface area (Å²) in [6, 6.07) is 6.39. The quantitative estimate of drug-likeness (QED) is 0.595. The van der Waals surface area contributed by atoms with Crippen molar-refractivity contribution < 1.29 is 9.47 Å². The number of nitrogens with one attached hydrogen (secondary N) is 1. The third-order valence-corrected chi connectivity index (χ3v) is 6.40. The van der Waals surface area contributed by atoms with Crippen molar-refractivity contribution in [2.24, 2.45) is 0 Å². The van der Waals surface area contributed by atoms with Gasteiger partial charge in [0.1, 0.15) is 11.9 Å². The van der Waals surface area contributed by atoms with Crippen molar-refractivity contribution in [3.8, 4) is 16.6 Å². The van der Waals surface area contributed by atoms with Gasteiger partial charge in [-0.1, -0.05) is 23.8 Å². The Hall–Kier alpha value is -2.62. The zero-order valence-corrected chi connectivity index (χ0v) is 18.2. The molecule has 1 atom stereocenters. The van der Waals surface area contributed by atoms with Crippen LogP contribution in [0, 0.1) is 0 Å². The summed E-state index contributed by atoms with van der Waals surface area (Å²) in [6.45, 7) is 4.66. The molecule has 31 heavy (non-hydrogen) atoms. The monoisotopic (exact) mass is 438 g/mol. The maximum atomic E-state index is 5.81. The molecule has 1 unspecified atom stereocenters. The number of ether oxygens (including phenoxy) is 2. The number of anilines is 2. The number of pyridine rings is 1. The third kappa shape index (κ3) is 5.36. The second-order valence-electron chi connectivity index (χ2n) is 7.87. The van der Waals surface area contributed by atoms with E-state index in [1.165, 1.54) is 49.3 Å². The molecule has 5 rings (SSSR count). The van der Waals surface area contributed by atoms with Gasteiger partial charge in [-0.3, -0.25) is 4.90 Å². The van der Waals surface area contributed by atoms with Crippen LogP contribution in [0.3, 0.4) is 0 Å². The molecule has 0 radical (unpaired) electrons. The van der Waals surface area contributed by atoms with Crippen LogP contribution in [0.4, 0.5) is 10.9 Å². The molecule has 0 saturated carbocycles. The molecule has 1 N–H and O–H groups in total. The molecule has 2 saturated heterocycles. The topological polar surface area (TPSA) is 85.3 Å². The van der Waals surface area contributed by atoms with E-state index in [0.29, 0.717) is 12.6 Å². The van der Waals surface area contributed by atoms with Gasteiger partial charge in [-0.25, -0.2) is 15.0 Å². The summed E-state index contributed by atoms with van der Waals surface area (Å²) in [7, 11) is 0. The second-order valence-corrected chi connectivity index (χ2v) is 8.90. The molecule has 0 aromatic carbocycles. The van der Waals surface area contributed by atoms with Crippen molar-refractivity contribution in [1.29, 1.82) is 0 Å². The van der Waals surface area contributed by atoms with E-state index in [4.69, 9.17) is 9.47 Å². The molecule has 5 heterocycles. The van der Waals surface area contributed by atoms with E-state index >= 15 is 0 Å². The zero-order chi connectivity index (χ0) is 20.9. The molecule has 0 amide bonds. The molecule has 0 spiro atoms. The Balaban J connectivity index is 1.20. The van der Waals surface area contributed by atoms with Crippen molar-refractivity contribution in [1.82, 2.24) is 24.8 Å². The van der Waals surface area contributed by atoms with Crippen molar-refractivity contribution in [3.63, 3.8) is 0 Å². The molecule has 162 valence electrons. The first-order valence-corrected chi connectivity index (χ1v) is 11.6. The van der Waals surface area contributed by atoms with Crippen LogP contribution in [0.25, 0.3) is 10.6 Å². The minimum Gasteiger partial charge on any atom is -0.458 e. The fourth-order valence-corrected chi connectivity index (χ4v) is 4.61. The van der Waals surface area contributed by atoms with Gasteiger partial charge in [-0.15, -0.1) is 0 Å². The molecule has 2 aliphatic rings. The lowest BCUT2D eigenvalue weighted by Gasteiger charge is -2.26. The lowest BCUT2D eigenvalue weighted by Crippen LogP contribution is -2.29. The van der Waals surface area contributed by atoms with Gasteiger partial charge in [0.2, 0.25) is 0 Å². The van der Waals surface area contributed by atoms with Crippen molar-refractivity contribution in [2.75, 3.05) is 31.6 Å². The lowest BCUT2D eigenvalue weighted by atomic mass is 10.1. The van der Waals surface area contributed by atoms with Gasteiger partial charge in [0.15, 0.2) is 5.13 Å². The normalized spacial score (nSPS) is 19.4. The van der Waals surface area contributed by atoms with E-state index in [9.17, 15) is 0 Å². The summed E-state index contributed by atoms with van der Waals surface area (Å²) in [5.74, 6) is 0.788. The van der Waals surface area contributed by atoms with Gasteiger partial charge in [0.05, 0.1) is 23.8 Å². The van der Waals surface area contributed by atoms with E-state index in [2.05, 4.69) is 36.2 Å². The highest BCUT2D eigenvalue weighted by Gasteiger charge is 2.19. The zero-order valence-electron chi connectivity index (χ0n) is 17.4. The third-order valence-electron chi connectivity index (χ3n) is 5.47. The molecule has 3 aromatic rings. The smallest absolute Gasteiger partial charge is 0.317 e. The summed E-state index contributed by atoms with van der Waals surface area (Å²) in [6.07, 6.45) is 10.3. The second kappa shape index (κ2) is 9.67. The number of thiazole rings is 1. The number of aromatic nitrogens is 4. The first-order valence-electron chi connectivity index (χ1n) is 10.8. The predicted octanol–water partition coefficient (Wildman–Crippen LogP) is 3.89. The number of piperidine rings is 1. The first kappa shape index (κ1) is 20.3. The minimum atomic E-state index is 0.0258. The van der Waals surface area contributed by atoms with E-state index < -0.39 is 0 Å². The van der Waals surface area contributed by atoms with Gasteiger partial charge in [-0.05, 0) is 43.6 Å². The van der Waals surface area contributed by atoms with Crippen LogP contribution in [-0.2, 0) is 11.3 Å². The number of nitrogens with zero attached hydrogens (tertiary/aromatic N) is 5. The Kier molecular flexibility index (Phi) is 6.33. The summed E-state index contributed by atoms with van der Waals surface area (Å²) in [4.78, 5) is 21.2. The Morgan fingerprint density at radius 2 is 2.03 bits per heavy atom. The average Bonchev–Trinajstić information content (AvgIpc) is 3.48. The largest absolute Gasteiger partial charge is 0.458 e. The summed E-state index contributed by atoms with van der Waals surface area (Å²) >= 11 is 1.52. The van der Waals surface area contributed by atoms with E-state index in [-0.39, 0.29) is 6.10 Å². The summed E-state index contributed by atoms with van der Waals surface area (Å²) < 4.78 is 11.2. The Bertz CT molecular complexity index is 984. The highest BCUT2D eigenvalue weighted by molar-refractivity contribution is 7.18. The predicted molar refractivity (Wildman–Crippen MR) is 120 cm³/mol. The Morgan fingerprint density at radius 1 is 1.10 bits per heavy atom. The number of hydrogen-bond acceptors (Lipinski definition) is 9. The van der Waals surface area contributed by atoms with Gasteiger partial charge >= 0.3 is 6.01 Å². The van der Waals surface area contributed by atoms with Crippen LogP contribution in [0.5, 0.6) is 6.01 Å². The van der Waals surface area contributed by atoms with Crippen LogP contribution in [0.2, 0.25) is 0 Å². The van der Waals surface area contributed by atoms with Crippen LogP contribution in [-0.4, -0.2) is 57.2 Å². The van der Waals surface area contributed by atoms with Gasteiger partial charge < -0.3 is 14.8 Å². The molecular weight excluding hydrogens is 412 g/mol. The van der Waals surface area contributed by atoms with Crippen LogP contribution in [0.1, 0.15) is 31.2 Å². The van der Waals surface area contributed by atoms with Crippen LogP contribution >= 0.6 is 11.3 Å². The fraction of sp³-hybridized carbons (Fsp3) is 0.455.